The molecule has 114 valence electrons. The highest BCUT2D eigenvalue weighted by Gasteiger charge is 2.24. The van der Waals surface area contributed by atoms with Gasteiger partial charge in [-0.25, -0.2) is 0 Å². The van der Waals surface area contributed by atoms with E-state index < -0.39 is 16.1 Å². The quantitative estimate of drug-likeness (QED) is 0.572. The van der Waals surface area contributed by atoms with Crippen molar-refractivity contribution in [1.29, 1.82) is 0 Å². The van der Waals surface area contributed by atoms with Gasteiger partial charge in [0.25, 0.3) is 0 Å². The molecular formula is C20H26Si2. The van der Waals surface area contributed by atoms with Crippen LogP contribution in [0.5, 0.6) is 0 Å². The predicted molar refractivity (Wildman–Crippen MR) is 104 cm³/mol. The van der Waals surface area contributed by atoms with Crippen molar-refractivity contribution in [3.8, 4) is 11.5 Å². The van der Waals surface area contributed by atoms with Crippen molar-refractivity contribution in [2.45, 2.75) is 38.8 Å². The number of hydrogen-bond acceptors (Lipinski definition) is 0. The van der Waals surface area contributed by atoms with Gasteiger partial charge in [0.1, 0.15) is 8.07 Å². The van der Waals surface area contributed by atoms with Gasteiger partial charge in [0.05, 0.1) is 8.07 Å². The van der Waals surface area contributed by atoms with Crippen LogP contribution in [-0.2, 0) is 6.04 Å². The van der Waals surface area contributed by atoms with Gasteiger partial charge in [-0.2, -0.15) is 0 Å². The first-order chi connectivity index (χ1) is 10.3. The van der Waals surface area contributed by atoms with Crippen molar-refractivity contribution < 1.29 is 0 Å². The summed E-state index contributed by atoms with van der Waals surface area (Å²) in [5.74, 6) is 3.46. The highest BCUT2D eigenvalue weighted by molar-refractivity contribution is 6.89. The van der Waals surface area contributed by atoms with Gasteiger partial charge < -0.3 is 0 Å². The lowest BCUT2D eigenvalue weighted by atomic mass is 10.1. The minimum absolute atomic E-state index is 1.15. The molecule has 0 spiro atoms. The van der Waals surface area contributed by atoms with Gasteiger partial charge in [-0.15, -0.1) is 5.54 Å². The molecule has 0 aliphatic carbocycles. The Morgan fingerprint density at radius 2 is 1.36 bits per heavy atom. The zero-order valence-electron chi connectivity index (χ0n) is 14.4. The molecule has 0 N–H and O–H groups in total. The Morgan fingerprint density at radius 3 is 2.00 bits per heavy atom. The van der Waals surface area contributed by atoms with E-state index in [-0.39, 0.29) is 0 Å². The molecule has 22 heavy (non-hydrogen) atoms. The molecule has 2 rings (SSSR count). The van der Waals surface area contributed by atoms with E-state index in [1.54, 1.807) is 0 Å². The van der Waals surface area contributed by atoms with E-state index >= 15 is 0 Å². The summed E-state index contributed by atoms with van der Waals surface area (Å²) in [7, 11) is -2.82. The van der Waals surface area contributed by atoms with E-state index in [1.165, 1.54) is 16.3 Å². The van der Waals surface area contributed by atoms with Crippen LogP contribution in [0.25, 0.3) is 0 Å². The lowest BCUT2D eigenvalue weighted by Gasteiger charge is -2.23. The predicted octanol–water partition coefficient (Wildman–Crippen LogP) is 4.61. The molecule has 0 fully saturated rings. The number of hydrogen-bond donors (Lipinski definition) is 0. The van der Waals surface area contributed by atoms with Crippen LogP contribution in [0.3, 0.4) is 0 Å². The van der Waals surface area contributed by atoms with Crippen LogP contribution in [0.2, 0.25) is 32.7 Å². The standard InChI is InChI=1S/C20H26Si2/c1-21(2,3)16-15-18-11-9-10-12-19(18)17-22(4,5)20-13-7-6-8-14-20/h6-14H,17H2,1-5H3. The summed E-state index contributed by atoms with van der Waals surface area (Å²) in [4.78, 5) is 0. The van der Waals surface area contributed by atoms with Crippen molar-refractivity contribution in [2.24, 2.45) is 0 Å². The van der Waals surface area contributed by atoms with Crippen LogP contribution < -0.4 is 5.19 Å². The maximum atomic E-state index is 3.51. The smallest absolute Gasteiger partial charge is 0.127 e. The van der Waals surface area contributed by atoms with Crippen LogP contribution >= 0.6 is 0 Å². The third-order valence-electron chi connectivity index (χ3n) is 3.78. The lowest BCUT2D eigenvalue weighted by molar-refractivity contribution is 1.30. The second kappa shape index (κ2) is 6.68. The Bertz CT molecular complexity index is 683. The summed E-state index contributed by atoms with van der Waals surface area (Å²) < 4.78 is 0. The van der Waals surface area contributed by atoms with Gasteiger partial charge in [0, 0.05) is 5.56 Å². The first kappa shape index (κ1) is 16.8. The Hall–Kier alpha value is -1.57. The van der Waals surface area contributed by atoms with E-state index in [4.69, 9.17) is 0 Å². The zero-order chi connectivity index (χ0) is 16.2. The van der Waals surface area contributed by atoms with Crippen molar-refractivity contribution >= 4 is 21.3 Å². The highest BCUT2D eigenvalue weighted by atomic mass is 28.3. The monoisotopic (exact) mass is 322 g/mol. The van der Waals surface area contributed by atoms with Gasteiger partial charge in [0.15, 0.2) is 0 Å². The molecule has 2 aromatic carbocycles. The molecule has 0 bridgehead atoms. The molecule has 0 aliphatic rings. The summed E-state index contributed by atoms with van der Waals surface area (Å²) in [5.41, 5.74) is 6.14. The zero-order valence-corrected chi connectivity index (χ0v) is 16.4. The van der Waals surface area contributed by atoms with E-state index in [0.29, 0.717) is 0 Å². The van der Waals surface area contributed by atoms with E-state index in [0.717, 1.165) is 6.04 Å². The minimum Gasteiger partial charge on any atom is -0.127 e. The largest absolute Gasteiger partial charge is 0.129 e. The second-order valence-electron chi connectivity index (χ2n) is 7.58. The molecule has 0 saturated carbocycles. The fourth-order valence-corrected chi connectivity index (χ4v) is 5.59. The second-order valence-corrected chi connectivity index (χ2v) is 17.0. The molecule has 0 aromatic heterocycles. The van der Waals surface area contributed by atoms with Crippen LogP contribution in [0.1, 0.15) is 11.1 Å². The minimum atomic E-state index is -1.48. The lowest BCUT2D eigenvalue weighted by Crippen LogP contribution is -2.44. The number of rotatable bonds is 3. The molecule has 0 heterocycles. The van der Waals surface area contributed by atoms with E-state index in [2.05, 4.69) is 98.8 Å². The van der Waals surface area contributed by atoms with E-state index in [1.807, 2.05) is 0 Å². The van der Waals surface area contributed by atoms with E-state index in [9.17, 15) is 0 Å². The number of benzene rings is 2. The normalized spacial score (nSPS) is 11.7. The molecule has 0 aliphatic heterocycles. The summed E-state index contributed by atoms with van der Waals surface area (Å²) in [6.45, 7) is 11.8. The van der Waals surface area contributed by atoms with Gasteiger partial charge >= 0.3 is 0 Å². The summed E-state index contributed by atoms with van der Waals surface area (Å²) in [6.07, 6.45) is 0. The van der Waals surface area contributed by atoms with Gasteiger partial charge in [-0.3, -0.25) is 0 Å². The van der Waals surface area contributed by atoms with Gasteiger partial charge in [0.2, 0.25) is 0 Å². The topological polar surface area (TPSA) is 0 Å². The molecule has 0 nitrogen and oxygen atoms in total. The van der Waals surface area contributed by atoms with Crippen molar-refractivity contribution in [1.82, 2.24) is 0 Å². The first-order valence-corrected chi connectivity index (χ1v) is 14.7. The van der Waals surface area contributed by atoms with Crippen LogP contribution in [0.4, 0.5) is 0 Å². The molecule has 0 unspecified atom stereocenters. The van der Waals surface area contributed by atoms with Gasteiger partial charge in [-0.05, 0) is 17.7 Å². The SMILES string of the molecule is C[Si](C)(C)C#Cc1ccccc1C[Si](C)(C)c1ccccc1. The molecule has 2 aromatic rings. The Kier molecular flexibility index (Phi) is 5.10. The molecular weight excluding hydrogens is 296 g/mol. The Labute approximate surface area is 137 Å². The summed E-state index contributed by atoms with van der Waals surface area (Å²) in [5, 5.41) is 1.52. The van der Waals surface area contributed by atoms with Crippen LogP contribution in [0.15, 0.2) is 54.6 Å². The molecule has 2 heteroatoms. The average Bonchev–Trinajstić information content (AvgIpc) is 2.46. The Balaban J connectivity index is 2.32. The fraction of sp³-hybridized carbons (Fsp3) is 0.300. The first-order valence-electron chi connectivity index (χ1n) is 7.95. The molecule has 0 atom stereocenters. The summed E-state index contributed by atoms with van der Waals surface area (Å²) in [6, 6.07) is 20.8. The van der Waals surface area contributed by atoms with Gasteiger partial charge in [-0.1, -0.05) is 92.4 Å². The van der Waals surface area contributed by atoms with Crippen molar-refractivity contribution in [2.75, 3.05) is 0 Å². The molecule has 0 amide bonds. The summed E-state index contributed by atoms with van der Waals surface area (Å²) >= 11 is 0. The molecule has 0 saturated heterocycles. The van der Waals surface area contributed by atoms with Crippen molar-refractivity contribution in [3.05, 3.63) is 65.7 Å². The maximum Gasteiger partial charge on any atom is 0.129 e. The third kappa shape index (κ3) is 4.73. The average molecular weight is 323 g/mol. The molecule has 0 radical (unpaired) electrons. The van der Waals surface area contributed by atoms with Crippen molar-refractivity contribution in [3.63, 3.8) is 0 Å². The fourth-order valence-electron chi connectivity index (χ4n) is 2.52. The third-order valence-corrected chi connectivity index (χ3v) is 7.81. The van der Waals surface area contributed by atoms with Crippen LogP contribution in [0, 0.1) is 11.5 Å². The van der Waals surface area contributed by atoms with Crippen LogP contribution in [-0.4, -0.2) is 16.1 Å². The Morgan fingerprint density at radius 1 is 0.773 bits per heavy atom. The highest BCUT2D eigenvalue weighted by Crippen LogP contribution is 2.16. The maximum absolute atomic E-state index is 3.51.